The molecule has 0 unspecified atom stereocenters. The van der Waals surface area contributed by atoms with Gasteiger partial charge in [0.25, 0.3) is 0 Å². The number of anilines is 1. The molecule has 2 N–H and O–H groups in total. The van der Waals surface area contributed by atoms with Gasteiger partial charge in [-0.05, 0) is 24.3 Å². The number of rotatable bonds is 4. The topological polar surface area (TPSA) is 58.6 Å². The summed E-state index contributed by atoms with van der Waals surface area (Å²) in [6, 6.07) is 7.58. The maximum Gasteiger partial charge on any atom is 0.221 e. The molecule has 0 spiro atoms. The number of aliphatic hydroxyl groups excluding tert-OH is 1. The van der Waals surface area contributed by atoms with Gasteiger partial charge in [0.2, 0.25) is 5.91 Å². The van der Waals surface area contributed by atoms with E-state index < -0.39 is 0 Å². The number of amides is 1. The summed E-state index contributed by atoms with van der Waals surface area (Å²) in [5.74, 6) is -0.0791. The molecule has 1 heterocycles. The Morgan fingerprint density at radius 2 is 2.12 bits per heavy atom. The first-order valence-corrected chi connectivity index (χ1v) is 6.20. The molecule has 5 heteroatoms. The summed E-state index contributed by atoms with van der Waals surface area (Å²) < 4.78 is 4.95. The fraction of sp³-hybridized carbons (Fsp3) is 0.417. The van der Waals surface area contributed by atoms with Crippen molar-refractivity contribution in [3.63, 3.8) is 0 Å². The van der Waals surface area contributed by atoms with Gasteiger partial charge in [-0.1, -0.05) is 0 Å². The Labute approximate surface area is 104 Å². The number of carbonyl (C=O) groups is 1. The maximum atomic E-state index is 10.9. The van der Waals surface area contributed by atoms with Crippen molar-refractivity contribution in [2.75, 3.05) is 25.1 Å². The zero-order chi connectivity index (χ0) is 12.3. The van der Waals surface area contributed by atoms with Crippen LogP contribution < -0.4 is 5.32 Å². The van der Waals surface area contributed by atoms with Gasteiger partial charge in [0.15, 0.2) is 0 Å². The normalized spacial score (nSPS) is 17.3. The van der Waals surface area contributed by atoms with Crippen LogP contribution in [0.25, 0.3) is 0 Å². The van der Waals surface area contributed by atoms with Crippen molar-refractivity contribution in [2.45, 2.75) is 16.6 Å². The first-order valence-electron chi connectivity index (χ1n) is 5.39. The lowest BCUT2D eigenvalue weighted by atomic mass is 10.1. The zero-order valence-corrected chi connectivity index (χ0v) is 10.4. The SMILES string of the molecule is CC(=O)Nc1ccc(SC2(CO)COC2)cc1. The number of ether oxygens (including phenoxy) is 1. The molecular weight excluding hydrogens is 238 g/mol. The van der Waals surface area contributed by atoms with Crippen LogP contribution in [0.1, 0.15) is 6.92 Å². The van der Waals surface area contributed by atoms with E-state index in [0.29, 0.717) is 13.2 Å². The van der Waals surface area contributed by atoms with Crippen LogP contribution in [0.15, 0.2) is 29.2 Å². The van der Waals surface area contributed by atoms with Crippen molar-refractivity contribution in [2.24, 2.45) is 0 Å². The molecule has 1 aromatic carbocycles. The third-order valence-corrected chi connectivity index (χ3v) is 3.83. The molecule has 0 aromatic heterocycles. The van der Waals surface area contributed by atoms with E-state index in [1.54, 1.807) is 11.8 Å². The van der Waals surface area contributed by atoms with Gasteiger partial charge >= 0.3 is 0 Å². The summed E-state index contributed by atoms with van der Waals surface area (Å²) in [5.41, 5.74) is 0.782. The minimum atomic E-state index is -0.185. The van der Waals surface area contributed by atoms with E-state index in [2.05, 4.69) is 5.32 Å². The fourth-order valence-corrected chi connectivity index (χ4v) is 2.69. The Hall–Kier alpha value is -1.04. The third kappa shape index (κ3) is 3.00. The molecular formula is C12H15NO3S. The number of hydrogen-bond acceptors (Lipinski definition) is 4. The summed E-state index contributed by atoms with van der Waals surface area (Å²) in [4.78, 5) is 11.9. The molecule has 1 fully saturated rings. The molecule has 0 saturated carbocycles. The average molecular weight is 253 g/mol. The molecule has 92 valence electrons. The van der Waals surface area contributed by atoms with Crippen molar-refractivity contribution < 1.29 is 14.6 Å². The van der Waals surface area contributed by atoms with Crippen molar-refractivity contribution in [1.29, 1.82) is 0 Å². The van der Waals surface area contributed by atoms with Crippen LogP contribution >= 0.6 is 11.8 Å². The van der Waals surface area contributed by atoms with Gasteiger partial charge in [0.05, 0.1) is 24.6 Å². The molecule has 1 aliphatic heterocycles. The predicted molar refractivity (Wildman–Crippen MR) is 67.2 cm³/mol. The molecule has 1 aromatic rings. The summed E-state index contributed by atoms with van der Waals surface area (Å²) in [5, 5.41) is 12.0. The first-order chi connectivity index (χ1) is 8.13. The molecule has 0 atom stereocenters. The highest BCUT2D eigenvalue weighted by Gasteiger charge is 2.39. The minimum absolute atomic E-state index is 0.0791. The lowest BCUT2D eigenvalue weighted by Crippen LogP contribution is -2.49. The van der Waals surface area contributed by atoms with E-state index in [0.717, 1.165) is 10.6 Å². The lowest BCUT2D eigenvalue weighted by molar-refractivity contribution is -0.114. The third-order valence-electron chi connectivity index (χ3n) is 2.53. The van der Waals surface area contributed by atoms with Crippen LogP contribution in [0.5, 0.6) is 0 Å². The van der Waals surface area contributed by atoms with Gasteiger partial charge in [0.1, 0.15) is 0 Å². The van der Waals surface area contributed by atoms with Crippen LogP contribution in [0, 0.1) is 0 Å². The second-order valence-corrected chi connectivity index (χ2v) is 5.68. The summed E-state index contributed by atoms with van der Waals surface area (Å²) in [7, 11) is 0. The van der Waals surface area contributed by atoms with Crippen LogP contribution in [-0.4, -0.2) is 35.6 Å². The van der Waals surface area contributed by atoms with Crippen LogP contribution in [0.3, 0.4) is 0 Å². The Bertz CT molecular complexity index is 395. The van der Waals surface area contributed by atoms with Gasteiger partial charge < -0.3 is 15.2 Å². The molecule has 1 amide bonds. The average Bonchev–Trinajstić information content (AvgIpc) is 2.25. The Morgan fingerprint density at radius 3 is 2.53 bits per heavy atom. The highest BCUT2D eigenvalue weighted by molar-refractivity contribution is 8.00. The van der Waals surface area contributed by atoms with Gasteiger partial charge in [-0.3, -0.25) is 4.79 Å². The molecule has 4 nitrogen and oxygen atoms in total. The monoisotopic (exact) mass is 253 g/mol. The largest absolute Gasteiger partial charge is 0.395 e. The van der Waals surface area contributed by atoms with Crippen LogP contribution in [0.2, 0.25) is 0 Å². The van der Waals surface area contributed by atoms with Crippen molar-refractivity contribution >= 4 is 23.4 Å². The summed E-state index contributed by atoms with van der Waals surface area (Å²) >= 11 is 1.62. The second-order valence-electron chi connectivity index (χ2n) is 4.14. The van der Waals surface area contributed by atoms with Crippen molar-refractivity contribution in [1.82, 2.24) is 0 Å². The standard InChI is InChI=1S/C12H15NO3S/c1-9(15)13-10-2-4-11(5-3-10)17-12(6-14)7-16-8-12/h2-5,14H,6-8H2,1H3,(H,13,15). The number of hydrogen-bond donors (Lipinski definition) is 2. The second kappa shape index (κ2) is 5.08. The van der Waals surface area contributed by atoms with Gasteiger partial charge in [0, 0.05) is 17.5 Å². The minimum Gasteiger partial charge on any atom is -0.395 e. The lowest BCUT2D eigenvalue weighted by Gasteiger charge is -2.39. The maximum absolute atomic E-state index is 10.9. The molecule has 17 heavy (non-hydrogen) atoms. The highest BCUT2D eigenvalue weighted by Crippen LogP contribution is 2.38. The highest BCUT2D eigenvalue weighted by atomic mass is 32.2. The Balaban J connectivity index is 2.00. The number of aliphatic hydroxyl groups is 1. The number of nitrogens with one attached hydrogen (secondary N) is 1. The number of carbonyl (C=O) groups excluding carboxylic acids is 1. The van der Waals surface area contributed by atoms with Gasteiger partial charge in [-0.2, -0.15) is 0 Å². The summed E-state index contributed by atoms with van der Waals surface area (Å²) in [6.07, 6.45) is 0. The number of benzene rings is 1. The van der Waals surface area contributed by atoms with Crippen LogP contribution in [-0.2, 0) is 9.53 Å². The molecule has 2 rings (SSSR count). The molecule has 1 saturated heterocycles. The van der Waals surface area contributed by atoms with E-state index >= 15 is 0 Å². The van der Waals surface area contributed by atoms with Crippen molar-refractivity contribution in [3.05, 3.63) is 24.3 Å². The molecule has 0 radical (unpaired) electrons. The Kier molecular flexibility index (Phi) is 3.71. The summed E-state index contributed by atoms with van der Waals surface area (Å²) in [6.45, 7) is 2.77. The quantitative estimate of drug-likeness (QED) is 0.853. The van der Waals surface area contributed by atoms with E-state index in [1.807, 2.05) is 24.3 Å². The fourth-order valence-electron chi connectivity index (χ4n) is 1.57. The predicted octanol–water partition coefficient (Wildman–Crippen LogP) is 1.50. The van der Waals surface area contributed by atoms with E-state index in [1.165, 1.54) is 6.92 Å². The smallest absolute Gasteiger partial charge is 0.221 e. The molecule has 1 aliphatic rings. The van der Waals surface area contributed by atoms with Crippen LogP contribution in [0.4, 0.5) is 5.69 Å². The zero-order valence-electron chi connectivity index (χ0n) is 9.60. The van der Waals surface area contributed by atoms with Crippen molar-refractivity contribution in [3.8, 4) is 0 Å². The van der Waals surface area contributed by atoms with Gasteiger partial charge in [-0.15, -0.1) is 11.8 Å². The Morgan fingerprint density at radius 1 is 1.47 bits per heavy atom. The first kappa shape index (κ1) is 12.4. The molecule has 0 bridgehead atoms. The van der Waals surface area contributed by atoms with Gasteiger partial charge in [-0.25, -0.2) is 0 Å². The van der Waals surface area contributed by atoms with E-state index in [4.69, 9.17) is 4.74 Å². The van der Waals surface area contributed by atoms with E-state index in [-0.39, 0.29) is 17.3 Å². The molecule has 0 aliphatic carbocycles. The number of thioether (sulfide) groups is 1. The van der Waals surface area contributed by atoms with E-state index in [9.17, 15) is 9.90 Å².